The van der Waals surface area contributed by atoms with E-state index in [1.807, 2.05) is 0 Å². The third kappa shape index (κ3) is 3.23. The Morgan fingerprint density at radius 2 is 1.59 bits per heavy atom. The zero-order valence-corrected chi connectivity index (χ0v) is 11.6. The second-order valence-corrected chi connectivity index (χ2v) is 6.35. The van der Waals surface area contributed by atoms with E-state index in [1.54, 1.807) is 0 Å². The van der Waals surface area contributed by atoms with Crippen LogP contribution < -0.4 is 0 Å². The van der Waals surface area contributed by atoms with Crippen molar-refractivity contribution in [3.05, 3.63) is 0 Å². The summed E-state index contributed by atoms with van der Waals surface area (Å²) in [5.41, 5.74) is 0. The summed E-state index contributed by atoms with van der Waals surface area (Å²) >= 11 is 0. The summed E-state index contributed by atoms with van der Waals surface area (Å²) in [6, 6.07) is 0.616. The first-order valence-corrected chi connectivity index (χ1v) is 7.62. The van der Waals surface area contributed by atoms with Crippen LogP contribution >= 0.6 is 0 Å². The average Bonchev–Trinajstić information content (AvgIpc) is 2.33. The van der Waals surface area contributed by atoms with Crippen LogP contribution in [0.3, 0.4) is 0 Å². The number of nitrogens with zero attached hydrogens (tertiary/aromatic N) is 1. The van der Waals surface area contributed by atoms with Gasteiger partial charge >= 0.3 is 0 Å². The van der Waals surface area contributed by atoms with Crippen LogP contribution in [0.25, 0.3) is 0 Å². The Hall–Kier alpha value is -0.0800. The highest BCUT2D eigenvalue weighted by Gasteiger charge is 2.36. The molecular formula is C15H29NO. The summed E-state index contributed by atoms with van der Waals surface area (Å²) in [4.78, 5) is 2.67. The maximum Gasteiger partial charge on any atom is 0.0583 e. The standard InChI is InChI=1S/C15H29NO/c1-12(2)15(16-10-6-3-7-11-16)13-8-4-5-9-14(13)17/h12-15,17H,3-11H2,1-2H3. The highest BCUT2D eigenvalue weighted by Crippen LogP contribution is 2.34. The normalized spacial score (nSPS) is 33.9. The molecule has 0 radical (unpaired) electrons. The Morgan fingerprint density at radius 3 is 2.18 bits per heavy atom. The minimum Gasteiger partial charge on any atom is -0.393 e. The third-order valence-corrected chi connectivity index (χ3v) is 4.72. The van der Waals surface area contributed by atoms with Gasteiger partial charge < -0.3 is 5.11 Å². The number of aliphatic hydroxyl groups excluding tert-OH is 1. The molecule has 0 aromatic carbocycles. The summed E-state index contributed by atoms with van der Waals surface area (Å²) < 4.78 is 0. The predicted octanol–water partition coefficient (Wildman–Crippen LogP) is 3.05. The number of rotatable bonds is 3. The molecule has 0 aromatic rings. The monoisotopic (exact) mass is 239 g/mol. The lowest BCUT2D eigenvalue weighted by molar-refractivity contribution is -0.0141. The van der Waals surface area contributed by atoms with Crippen molar-refractivity contribution >= 4 is 0 Å². The second kappa shape index (κ2) is 6.19. The number of aliphatic hydroxyl groups is 1. The molecule has 17 heavy (non-hydrogen) atoms. The Labute approximate surface area is 106 Å². The molecule has 1 aliphatic heterocycles. The van der Waals surface area contributed by atoms with Crippen molar-refractivity contribution in [1.29, 1.82) is 0 Å². The van der Waals surface area contributed by atoms with Crippen LogP contribution in [-0.4, -0.2) is 35.2 Å². The molecule has 3 unspecified atom stereocenters. The van der Waals surface area contributed by atoms with Crippen LogP contribution in [0.15, 0.2) is 0 Å². The van der Waals surface area contributed by atoms with Crippen LogP contribution in [-0.2, 0) is 0 Å². The van der Waals surface area contributed by atoms with Gasteiger partial charge in [0.2, 0.25) is 0 Å². The highest BCUT2D eigenvalue weighted by molar-refractivity contribution is 4.89. The van der Waals surface area contributed by atoms with Crippen molar-refractivity contribution < 1.29 is 5.11 Å². The molecule has 100 valence electrons. The quantitative estimate of drug-likeness (QED) is 0.818. The first-order valence-electron chi connectivity index (χ1n) is 7.62. The van der Waals surface area contributed by atoms with Gasteiger partial charge in [0.15, 0.2) is 0 Å². The van der Waals surface area contributed by atoms with Crippen molar-refractivity contribution in [2.75, 3.05) is 13.1 Å². The van der Waals surface area contributed by atoms with Crippen LogP contribution in [0.4, 0.5) is 0 Å². The van der Waals surface area contributed by atoms with E-state index in [4.69, 9.17) is 0 Å². The average molecular weight is 239 g/mol. The van der Waals surface area contributed by atoms with Crippen molar-refractivity contribution in [1.82, 2.24) is 4.90 Å². The van der Waals surface area contributed by atoms with E-state index in [9.17, 15) is 5.11 Å². The van der Waals surface area contributed by atoms with Gasteiger partial charge in [-0.25, -0.2) is 0 Å². The van der Waals surface area contributed by atoms with E-state index in [-0.39, 0.29) is 6.10 Å². The number of piperidine rings is 1. The molecule has 1 aliphatic carbocycles. The van der Waals surface area contributed by atoms with Gasteiger partial charge in [0.1, 0.15) is 0 Å². The molecule has 1 heterocycles. The molecule has 2 nitrogen and oxygen atoms in total. The number of hydrogen-bond acceptors (Lipinski definition) is 2. The number of hydrogen-bond donors (Lipinski definition) is 1. The third-order valence-electron chi connectivity index (χ3n) is 4.72. The second-order valence-electron chi connectivity index (χ2n) is 6.35. The highest BCUT2D eigenvalue weighted by atomic mass is 16.3. The first-order chi connectivity index (χ1) is 8.20. The summed E-state index contributed by atoms with van der Waals surface area (Å²) in [6.45, 7) is 7.18. The zero-order valence-electron chi connectivity index (χ0n) is 11.6. The van der Waals surface area contributed by atoms with Crippen molar-refractivity contribution in [2.24, 2.45) is 11.8 Å². The molecule has 2 rings (SSSR count). The van der Waals surface area contributed by atoms with Gasteiger partial charge in [-0.2, -0.15) is 0 Å². The molecule has 3 atom stereocenters. The van der Waals surface area contributed by atoms with Crippen LogP contribution in [0.5, 0.6) is 0 Å². The fourth-order valence-corrected chi connectivity index (χ4v) is 3.94. The molecule has 1 saturated heterocycles. The van der Waals surface area contributed by atoms with E-state index < -0.39 is 0 Å². The van der Waals surface area contributed by atoms with Crippen molar-refractivity contribution in [3.8, 4) is 0 Å². The van der Waals surface area contributed by atoms with Gasteiger partial charge in [-0.05, 0) is 44.7 Å². The van der Waals surface area contributed by atoms with Crippen LogP contribution in [0.2, 0.25) is 0 Å². The maximum atomic E-state index is 10.3. The Balaban J connectivity index is 2.04. The Kier molecular flexibility index (Phi) is 4.87. The lowest BCUT2D eigenvalue weighted by atomic mass is 9.76. The molecule has 0 aromatic heterocycles. The molecule has 0 amide bonds. The summed E-state index contributed by atoms with van der Waals surface area (Å²) in [5.74, 6) is 1.20. The largest absolute Gasteiger partial charge is 0.393 e. The SMILES string of the molecule is CC(C)C(C1CCCCC1O)N1CCCCC1. The van der Waals surface area contributed by atoms with Gasteiger partial charge in [-0.3, -0.25) is 4.90 Å². The molecular weight excluding hydrogens is 210 g/mol. The van der Waals surface area contributed by atoms with Crippen molar-refractivity contribution in [3.63, 3.8) is 0 Å². The fraction of sp³-hybridized carbons (Fsp3) is 1.00. The smallest absolute Gasteiger partial charge is 0.0583 e. The van der Waals surface area contributed by atoms with Gasteiger partial charge in [0.25, 0.3) is 0 Å². The molecule has 0 bridgehead atoms. The van der Waals surface area contributed by atoms with Crippen LogP contribution in [0, 0.1) is 11.8 Å². The van der Waals surface area contributed by atoms with Crippen molar-refractivity contribution in [2.45, 2.75) is 70.9 Å². The summed E-state index contributed by atoms with van der Waals surface area (Å²) in [6.07, 6.45) is 8.87. The van der Waals surface area contributed by atoms with E-state index in [2.05, 4.69) is 18.7 Å². The van der Waals surface area contributed by atoms with Gasteiger partial charge in [0.05, 0.1) is 6.10 Å². The molecule has 1 saturated carbocycles. The Morgan fingerprint density at radius 1 is 0.941 bits per heavy atom. The maximum absolute atomic E-state index is 10.3. The van der Waals surface area contributed by atoms with E-state index >= 15 is 0 Å². The molecule has 0 spiro atoms. The molecule has 2 aliphatic rings. The lowest BCUT2D eigenvalue weighted by Gasteiger charge is -2.44. The first kappa shape index (κ1) is 13.4. The van der Waals surface area contributed by atoms with E-state index in [0.717, 1.165) is 6.42 Å². The van der Waals surface area contributed by atoms with Gasteiger partial charge in [-0.1, -0.05) is 33.1 Å². The Bertz CT molecular complexity index is 223. The van der Waals surface area contributed by atoms with E-state index in [0.29, 0.717) is 17.9 Å². The predicted molar refractivity (Wildman–Crippen MR) is 72.0 cm³/mol. The van der Waals surface area contributed by atoms with Gasteiger partial charge in [0, 0.05) is 12.0 Å². The number of likely N-dealkylation sites (tertiary alicyclic amines) is 1. The zero-order chi connectivity index (χ0) is 12.3. The minimum absolute atomic E-state index is 0.0434. The fourth-order valence-electron chi connectivity index (χ4n) is 3.94. The minimum atomic E-state index is -0.0434. The molecule has 2 heteroatoms. The molecule has 2 fully saturated rings. The van der Waals surface area contributed by atoms with E-state index in [1.165, 1.54) is 51.6 Å². The summed E-state index contributed by atoms with van der Waals surface area (Å²) in [7, 11) is 0. The van der Waals surface area contributed by atoms with Crippen LogP contribution in [0.1, 0.15) is 58.8 Å². The molecule has 1 N–H and O–H groups in total. The lowest BCUT2D eigenvalue weighted by Crippen LogP contribution is -2.50. The van der Waals surface area contributed by atoms with Gasteiger partial charge in [-0.15, -0.1) is 0 Å². The topological polar surface area (TPSA) is 23.5 Å². The summed E-state index contributed by atoms with van der Waals surface area (Å²) in [5, 5.41) is 10.3.